The molecule has 0 unspecified atom stereocenters. The van der Waals surface area contributed by atoms with E-state index in [4.69, 9.17) is 11.6 Å². The van der Waals surface area contributed by atoms with Gasteiger partial charge in [0.15, 0.2) is 0 Å². The number of piperidine rings is 1. The largest absolute Gasteiger partial charge is 0.296 e. The first kappa shape index (κ1) is 15.4. The molecular formula is C18H22ClN3. The average Bonchev–Trinajstić information content (AvgIpc) is 2.57. The second-order valence-corrected chi connectivity index (χ2v) is 6.35. The predicted molar refractivity (Wildman–Crippen MR) is 89.9 cm³/mol. The molecule has 0 saturated carbocycles. The Morgan fingerprint density at radius 2 is 2.14 bits per heavy atom. The highest BCUT2D eigenvalue weighted by Crippen LogP contribution is 2.25. The van der Waals surface area contributed by atoms with Crippen molar-refractivity contribution in [3.05, 3.63) is 59.1 Å². The minimum absolute atomic E-state index is 0.625. The molecule has 1 aliphatic heterocycles. The second-order valence-electron chi connectivity index (χ2n) is 5.95. The summed E-state index contributed by atoms with van der Waals surface area (Å²) < 4.78 is 0. The third-order valence-electron chi connectivity index (χ3n) is 4.44. The Hall–Kier alpha value is -1.45. The summed E-state index contributed by atoms with van der Waals surface area (Å²) in [6, 6.07) is 8.82. The SMILES string of the molecule is Clc1cnccc1CN1CCCC[C@@H]1CCc1ccccn1. The summed E-state index contributed by atoms with van der Waals surface area (Å²) >= 11 is 6.26. The number of pyridine rings is 2. The number of halogens is 1. The molecule has 1 atom stereocenters. The lowest BCUT2D eigenvalue weighted by Gasteiger charge is -2.36. The summed E-state index contributed by atoms with van der Waals surface area (Å²) in [5.41, 5.74) is 2.37. The normalized spacial score (nSPS) is 19.2. The summed E-state index contributed by atoms with van der Waals surface area (Å²) in [4.78, 5) is 11.1. The van der Waals surface area contributed by atoms with Crippen LogP contribution in [0.5, 0.6) is 0 Å². The zero-order valence-electron chi connectivity index (χ0n) is 12.8. The molecule has 1 fully saturated rings. The average molecular weight is 316 g/mol. The third kappa shape index (κ3) is 4.05. The highest BCUT2D eigenvalue weighted by molar-refractivity contribution is 6.31. The molecule has 1 saturated heterocycles. The van der Waals surface area contributed by atoms with Gasteiger partial charge in [0.05, 0.1) is 5.02 Å². The Labute approximate surface area is 137 Å². The molecule has 0 aliphatic carbocycles. The first-order chi connectivity index (χ1) is 10.8. The summed E-state index contributed by atoms with van der Waals surface area (Å²) in [5.74, 6) is 0. The van der Waals surface area contributed by atoms with Gasteiger partial charge in [-0.3, -0.25) is 14.9 Å². The van der Waals surface area contributed by atoms with Crippen molar-refractivity contribution >= 4 is 11.6 Å². The number of rotatable bonds is 5. The van der Waals surface area contributed by atoms with E-state index in [1.54, 1.807) is 6.20 Å². The Balaban J connectivity index is 1.62. The molecule has 2 aromatic rings. The van der Waals surface area contributed by atoms with Gasteiger partial charge in [0.25, 0.3) is 0 Å². The van der Waals surface area contributed by atoms with E-state index in [2.05, 4.69) is 27.0 Å². The van der Waals surface area contributed by atoms with Crippen molar-refractivity contribution < 1.29 is 0 Å². The van der Waals surface area contributed by atoms with E-state index in [1.807, 2.05) is 24.5 Å². The van der Waals surface area contributed by atoms with Gasteiger partial charge in [0.2, 0.25) is 0 Å². The smallest absolute Gasteiger partial charge is 0.0634 e. The van der Waals surface area contributed by atoms with Crippen LogP contribution in [0.25, 0.3) is 0 Å². The highest BCUT2D eigenvalue weighted by Gasteiger charge is 2.22. The van der Waals surface area contributed by atoms with Gasteiger partial charge in [-0.25, -0.2) is 0 Å². The van der Waals surface area contributed by atoms with Crippen molar-refractivity contribution in [1.82, 2.24) is 14.9 Å². The minimum atomic E-state index is 0.625. The van der Waals surface area contributed by atoms with Crippen LogP contribution in [0.2, 0.25) is 5.02 Å². The van der Waals surface area contributed by atoms with E-state index in [1.165, 1.54) is 36.9 Å². The van der Waals surface area contributed by atoms with Gasteiger partial charge >= 0.3 is 0 Å². The van der Waals surface area contributed by atoms with E-state index in [-0.39, 0.29) is 0 Å². The molecule has 0 bridgehead atoms. The number of aryl methyl sites for hydroxylation is 1. The number of nitrogens with zero attached hydrogens (tertiary/aromatic N) is 3. The van der Waals surface area contributed by atoms with Crippen molar-refractivity contribution in [3.8, 4) is 0 Å². The van der Waals surface area contributed by atoms with Crippen LogP contribution >= 0.6 is 11.6 Å². The number of hydrogen-bond donors (Lipinski definition) is 0. The Morgan fingerprint density at radius 3 is 2.95 bits per heavy atom. The monoisotopic (exact) mass is 315 g/mol. The Bertz CT molecular complexity index is 588. The van der Waals surface area contributed by atoms with Crippen molar-refractivity contribution in [2.45, 2.75) is 44.7 Å². The molecule has 0 aromatic carbocycles. The molecule has 4 heteroatoms. The zero-order valence-corrected chi connectivity index (χ0v) is 13.5. The molecule has 116 valence electrons. The minimum Gasteiger partial charge on any atom is -0.296 e. The van der Waals surface area contributed by atoms with E-state index in [0.29, 0.717) is 6.04 Å². The topological polar surface area (TPSA) is 29.0 Å². The molecule has 3 nitrogen and oxygen atoms in total. The molecule has 2 aromatic heterocycles. The Kier molecular flexibility index (Phi) is 5.41. The standard InChI is InChI=1S/C18H22ClN3/c19-18-13-20-11-9-15(18)14-22-12-4-2-6-17(22)8-7-16-5-1-3-10-21-16/h1,3,5,9-11,13,17H,2,4,6-8,12,14H2/t17-/m1/s1. The van der Waals surface area contributed by atoms with Crippen LogP contribution in [-0.2, 0) is 13.0 Å². The van der Waals surface area contributed by atoms with Crippen LogP contribution in [0.3, 0.4) is 0 Å². The fourth-order valence-corrected chi connectivity index (χ4v) is 3.39. The van der Waals surface area contributed by atoms with Crippen LogP contribution in [0.1, 0.15) is 36.9 Å². The van der Waals surface area contributed by atoms with Crippen LogP contribution in [-0.4, -0.2) is 27.5 Å². The summed E-state index contributed by atoms with van der Waals surface area (Å²) in [7, 11) is 0. The van der Waals surface area contributed by atoms with Crippen LogP contribution in [0.4, 0.5) is 0 Å². The highest BCUT2D eigenvalue weighted by atomic mass is 35.5. The molecule has 3 rings (SSSR count). The molecular weight excluding hydrogens is 294 g/mol. The molecule has 0 N–H and O–H groups in total. The van der Waals surface area contributed by atoms with Crippen LogP contribution in [0, 0.1) is 0 Å². The van der Waals surface area contributed by atoms with Gasteiger partial charge in [-0.2, -0.15) is 0 Å². The lowest BCUT2D eigenvalue weighted by Crippen LogP contribution is -2.39. The molecule has 0 radical (unpaired) electrons. The predicted octanol–water partition coefficient (Wildman–Crippen LogP) is 4.12. The first-order valence-corrected chi connectivity index (χ1v) is 8.43. The Morgan fingerprint density at radius 1 is 1.18 bits per heavy atom. The van der Waals surface area contributed by atoms with Crippen LogP contribution in [0.15, 0.2) is 42.9 Å². The first-order valence-electron chi connectivity index (χ1n) is 8.05. The molecule has 0 spiro atoms. The van der Waals surface area contributed by atoms with E-state index < -0.39 is 0 Å². The van der Waals surface area contributed by atoms with Gasteiger partial charge in [-0.15, -0.1) is 0 Å². The van der Waals surface area contributed by atoms with Gasteiger partial charge in [0, 0.05) is 36.9 Å². The molecule has 0 amide bonds. The van der Waals surface area contributed by atoms with E-state index in [9.17, 15) is 0 Å². The molecule has 22 heavy (non-hydrogen) atoms. The fraction of sp³-hybridized carbons (Fsp3) is 0.444. The summed E-state index contributed by atoms with van der Waals surface area (Å²) in [6.07, 6.45) is 11.5. The van der Waals surface area contributed by atoms with Crippen molar-refractivity contribution in [3.63, 3.8) is 0 Å². The maximum Gasteiger partial charge on any atom is 0.0634 e. The molecule has 1 aliphatic rings. The quantitative estimate of drug-likeness (QED) is 0.831. The zero-order chi connectivity index (χ0) is 15.2. The number of hydrogen-bond acceptors (Lipinski definition) is 3. The molecule has 3 heterocycles. The number of aromatic nitrogens is 2. The van der Waals surface area contributed by atoms with Gasteiger partial charge in [0.1, 0.15) is 0 Å². The summed E-state index contributed by atoms with van der Waals surface area (Å²) in [5, 5.41) is 0.775. The van der Waals surface area contributed by atoms with Gasteiger partial charge in [-0.1, -0.05) is 24.1 Å². The second kappa shape index (κ2) is 7.70. The maximum atomic E-state index is 6.26. The lowest BCUT2D eigenvalue weighted by atomic mass is 9.96. The lowest BCUT2D eigenvalue weighted by molar-refractivity contribution is 0.132. The van der Waals surface area contributed by atoms with Gasteiger partial charge in [-0.05, 0) is 56.0 Å². The van der Waals surface area contributed by atoms with Crippen molar-refractivity contribution in [2.75, 3.05) is 6.54 Å². The third-order valence-corrected chi connectivity index (χ3v) is 4.78. The fourth-order valence-electron chi connectivity index (χ4n) is 3.21. The maximum absolute atomic E-state index is 6.26. The van der Waals surface area contributed by atoms with Gasteiger partial charge < -0.3 is 0 Å². The van der Waals surface area contributed by atoms with E-state index >= 15 is 0 Å². The van der Waals surface area contributed by atoms with Crippen LogP contribution < -0.4 is 0 Å². The summed E-state index contributed by atoms with van der Waals surface area (Å²) in [6.45, 7) is 2.08. The van der Waals surface area contributed by atoms with Crippen molar-refractivity contribution in [1.29, 1.82) is 0 Å². The van der Waals surface area contributed by atoms with Crippen molar-refractivity contribution in [2.24, 2.45) is 0 Å². The van der Waals surface area contributed by atoms with E-state index in [0.717, 1.165) is 24.5 Å². The number of likely N-dealkylation sites (tertiary alicyclic amines) is 1.